The molecule has 1 heterocycles. The van der Waals surface area contributed by atoms with Crippen LogP contribution in [0.25, 0.3) is 21.9 Å². The van der Waals surface area contributed by atoms with Gasteiger partial charge in [0, 0.05) is 23.7 Å². The number of para-hydroxylation sites is 1. The van der Waals surface area contributed by atoms with Crippen molar-refractivity contribution in [3.63, 3.8) is 0 Å². The van der Waals surface area contributed by atoms with Crippen molar-refractivity contribution in [2.24, 2.45) is 0 Å². The van der Waals surface area contributed by atoms with Crippen LogP contribution in [0.1, 0.15) is 5.56 Å². The maximum Gasteiger partial charge on any atom is 0.0517 e. The SMILES string of the molecule is Cc1cccc2c1N(C)c1cccc3cccc-2c13. The Kier molecular flexibility index (Phi) is 2.02. The number of aryl methyl sites for hydroxylation is 1. The summed E-state index contributed by atoms with van der Waals surface area (Å²) < 4.78 is 0. The molecule has 1 aliphatic rings. The summed E-state index contributed by atoms with van der Waals surface area (Å²) in [4.78, 5) is 2.32. The Labute approximate surface area is 113 Å². The molecule has 3 aromatic carbocycles. The Hall–Kier alpha value is -2.28. The molecule has 1 heteroatoms. The molecule has 3 aromatic rings. The van der Waals surface area contributed by atoms with E-state index in [1.54, 1.807) is 0 Å². The third-order valence-corrected chi connectivity index (χ3v) is 4.11. The highest BCUT2D eigenvalue weighted by Crippen LogP contribution is 2.47. The highest BCUT2D eigenvalue weighted by molar-refractivity contribution is 6.12. The molecule has 0 aromatic heterocycles. The molecular weight excluding hydrogens is 230 g/mol. The van der Waals surface area contributed by atoms with Crippen LogP contribution in [0.2, 0.25) is 0 Å². The second-order valence-corrected chi connectivity index (χ2v) is 5.21. The van der Waals surface area contributed by atoms with Gasteiger partial charge in [0.1, 0.15) is 0 Å². The predicted molar refractivity (Wildman–Crippen MR) is 82.2 cm³/mol. The summed E-state index contributed by atoms with van der Waals surface area (Å²) in [5.74, 6) is 0. The fourth-order valence-electron chi connectivity index (χ4n) is 3.27. The Balaban J connectivity index is 2.24. The lowest BCUT2D eigenvalue weighted by atomic mass is 9.90. The van der Waals surface area contributed by atoms with Gasteiger partial charge in [-0.2, -0.15) is 0 Å². The van der Waals surface area contributed by atoms with Gasteiger partial charge in [0.25, 0.3) is 0 Å². The molecule has 1 nitrogen and oxygen atoms in total. The van der Waals surface area contributed by atoms with Gasteiger partial charge in [0.05, 0.1) is 5.69 Å². The van der Waals surface area contributed by atoms with Gasteiger partial charge in [-0.05, 0) is 29.5 Å². The molecule has 0 bridgehead atoms. The molecule has 0 fully saturated rings. The van der Waals surface area contributed by atoms with E-state index in [1.807, 2.05) is 0 Å². The number of benzene rings is 3. The minimum atomic E-state index is 1.30. The zero-order valence-electron chi connectivity index (χ0n) is 11.1. The molecule has 19 heavy (non-hydrogen) atoms. The standard InChI is InChI=1S/C18H15N/c1-12-6-3-10-15-14-9-4-7-13-8-5-11-16(17(13)14)19(2)18(12)15/h3-11H,1-2H3. The first-order valence-corrected chi connectivity index (χ1v) is 6.63. The smallest absolute Gasteiger partial charge is 0.0517 e. The molecule has 4 rings (SSSR count). The number of hydrogen-bond acceptors (Lipinski definition) is 1. The fraction of sp³-hybridized carbons (Fsp3) is 0.111. The largest absolute Gasteiger partial charge is 0.343 e. The van der Waals surface area contributed by atoms with Crippen LogP contribution in [0.3, 0.4) is 0 Å². The second-order valence-electron chi connectivity index (χ2n) is 5.21. The van der Waals surface area contributed by atoms with Gasteiger partial charge in [0.15, 0.2) is 0 Å². The minimum Gasteiger partial charge on any atom is -0.343 e. The lowest BCUT2D eigenvalue weighted by molar-refractivity contribution is 1.19. The molecule has 92 valence electrons. The van der Waals surface area contributed by atoms with E-state index in [-0.39, 0.29) is 0 Å². The summed E-state index contributed by atoms with van der Waals surface area (Å²) in [5.41, 5.74) is 6.65. The van der Waals surface area contributed by atoms with Crippen molar-refractivity contribution in [1.29, 1.82) is 0 Å². The first kappa shape index (κ1) is 10.6. The number of fused-ring (bicyclic) bond motifs is 2. The molecule has 0 saturated carbocycles. The molecule has 0 atom stereocenters. The van der Waals surface area contributed by atoms with Gasteiger partial charge >= 0.3 is 0 Å². The van der Waals surface area contributed by atoms with Crippen LogP contribution >= 0.6 is 0 Å². The van der Waals surface area contributed by atoms with Gasteiger partial charge < -0.3 is 4.90 Å². The highest BCUT2D eigenvalue weighted by Gasteiger charge is 2.22. The lowest BCUT2D eigenvalue weighted by Crippen LogP contribution is -2.15. The van der Waals surface area contributed by atoms with Crippen molar-refractivity contribution in [2.45, 2.75) is 6.92 Å². The van der Waals surface area contributed by atoms with Gasteiger partial charge in [-0.15, -0.1) is 0 Å². The van der Waals surface area contributed by atoms with Gasteiger partial charge in [-0.25, -0.2) is 0 Å². The summed E-state index contributed by atoms with van der Waals surface area (Å²) in [6, 6.07) is 19.7. The first-order valence-electron chi connectivity index (χ1n) is 6.63. The van der Waals surface area contributed by atoms with E-state index >= 15 is 0 Å². The van der Waals surface area contributed by atoms with E-state index < -0.39 is 0 Å². The monoisotopic (exact) mass is 245 g/mol. The normalized spacial score (nSPS) is 12.6. The van der Waals surface area contributed by atoms with E-state index in [0.717, 1.165) is 0 Å². The molecule has 0 radical (unpaired) electrons. The predicted octanol–water partition coefficient (Wildman–Crippen LogP) is 4.90. The molecule has 0 aliphatic carbocycles. The van der Waals surface area contributed by atoms with Crippen LogP contribution in [0, 0.1) is 6.92 Å². The summed E-state index contributed by atoms with van der Waals surface area (Å²) in [5, 5.41) is 2.68. The summed E-state index contributed by atoms with van der Waals surface area (Å²) in [6.45, 7) is 2.18. The minimum absolute atomic E-state index is 1.30. The van der Waals surface area contributed by atoms with Crippen molar-refractivity contribution < 1.29 is 0 Å². The summed E-state index contributed by atoms with van der Waals surface area (Å²) >= 11 is 0. The van der Waals surface area contributed by atoms with Crippen LogP contribution < -0.4 is 4.90 Å². The third-order valence-electron chi connectivity index (χ3n) is 4.11. The van der Waals surface area contributed by atoms with Crippen LogP contribution in [-0.4, -0.2) is 7.05 Å². The van der Waals surface area contributed by atoms with E-state index in [2.05, 4.69) is 73.5 Å². The van der Waals surface area contributed by atoms with Crippen molar-refractivity contribution in [2.75, 3.05) is 11.9 Å². The van der Waals surface area contributed by atoms with Crippen LogP contribution in [-0.2, 0) is 0 Å². The maximum absolute atomic E-state index is 2.32. The molecule has 0 amide bonds. The topological polar surface area (TPSA) is 3.24 Å². The summed E-state index contributed by atoms with van der Waals surface area (Å²) in [7, 11) is 2.16. The zero-order chi connectivity index (χ0) is 13.0. The zero-order valence-corrected chi connectivity index (χ0v) is 11.1. The Morgan fingerprint density at radius 3 is 2.32 bits per heavy atom. The van der Waals surface area contributed by atoms with Crippen molar-refractivity contribution in [1.82, 2.24) is 0 Å². The van der Waals surface area contributed by atoms with E-state index in [1.165, 1.54) is 38.8 Å². The third kappa shape index (κ3) is 1.30. The van der Waals surface area contributed by atoms with Gasteiger partial charge in [-0.3, -0.25) is 0 Å². The number of hydrogen-bond donors (Lipinski definition) is 0. The lowest BCUT2D eigenvalue weighted by Gasteiger charge is -2.31. The average Bonchev–Trinajstić information content (AvgIpc) is 2.44. The molecule has 0 unspecified atom stereocenters. The average molecular weight is 245 g/mol. The maximum atomic E-state index is 2.32. The molecule has 0 N–H and O–H groups in total. The van der Waals surface area contributed by atoms with E-state index in [0.29, 0.717) is 0 Å². The van der Waals surface area contributed by atoms with E-state index in [4.69, 9.17) is 0 Å². The Morgan fingerprint density at radius 2 is 1.47 bits per heavy atom. The van der Waals surface area contributed by atoms with Crippen LogP contribution in [0.5, 0.6) is 0 Å². The number of nitrogens with zero attached hydrogens (tertiary/aromatic N) is 1. The Bertz CT molecular complexity index is 797. The molecule has 0 saturated heterocycles. The van der Waals surface area contributed by atoms with Crippen LogP contribution in [0.15, 0.2) is 54.6 Å². The first-order chi connectivity index (χ1) is 9.27. The van der Waals surface area contributed by atoms with E-state index in [9.17, 15) is 0 Å². The molecule has 1 aliphatic heterocycles. The van der Waals surface area contributed by atoms with Crippen molar-refractivity contribution in [3.05, 3.63) is 60.2 Å². The van der Waals surface area contributed by atoms with Crippen molar-refractivity contribution in [3.8, 4) is 11.1 Å². The Morgan fingerprint density at radius 1 is 0.789 bits per heavy atom. The van der Waals surface area contributed by atoms with Gasteiger partial charge in [0.2, 0.25) is 0 Å². The number of rotatable bonds is 0. The molecular formula is C18H15N. The molecule has 0 spiro atoms. The fourth-order valence-corrected chi connectivity index (χ4v) is 3.27. The second kappa shape index (κ2) is 3.61. The van der Waals surface area contributed by atoms with Crippen molar-refractivity contribution >= 4 is 22.1 Å². The van der Waals surface area contributed by atoms with Crippen LogP contribution in [0.4, 0.5) is 11.4 Å². The summed E-state index contributed by atoms with van der Waals surface area (Å²) in [6.07, 6.45) is 0. The number of anilines is 2. The quantitative estimate of drug-likeness (QED) is 0.544. The highest BCUT2D eigenvalue weighted by atomic mass is 15.1. The van der Waals surface area contributed by atoms with Gasteiger partial charge in [-0.1, -0.05) is 48.5 Å².